The normalized spacial score (nSPS) is 10.6. The molecule has 0 bridgehead atoms. The number of rotatable bonds is 5. The Morgan fingerprint density at radius 3 is 2.73 bits per heavy atom. The van der Waals surface area contributed by atoms with Gasteiger partial charge in [0.2, 0.25) is 0 Å². The third-order valence-electron chi connectivity index (χ3n) is 2.52. The molecule has 0 spiro atoms. The monoisotopic (exact) mass is 208 g/mol. The topological polar surface area (TPSA) is 54.7 Å². The van der Waals surface area contributed by atoms with Crippen LogP contribution < -0.4 is 16.4 Å². The number of hydrogen-bond donors (Lipinski definition) is 3. The van der Waals surface area contributed by atoms with E-state index in [2.05, 4.69) is 43.5 Å². The second-order valence-corrected chi connectivity index (χ2v) is 3.96. The Labute approximate surface area is 92.1 Å². The fourth-order valence-corrected chi connectivity index (χ4v) is 1.71. The molecule has 0 fully saturated rings. The van der Waals surface area contributed by atoms with Gasteiger partial charge in [0.15, 0.2) is 0 Å². The van der Waals surface area contributed by atoms with Crippen molar-refractivity contribution in [2.45, 2.75) is 27.3 Å². The molecule has 1 rings (SSSR count). The molecule has 84 valence electrons. The number of nitrogens with two attached hydrogens (primary N) is 2. The molecule has 0 aliphatic rings. The predicted molar refractivity (Wildman–Crippen MR) is 64.5 cm³/mol. The summed E-state index contributed by atoms with van der Waals surface area (Å²) in [5, 5.41) is 5.50. The van der Waals surface area contributed by atoms with E-state index in [0.717, 1.165) is 25.4 Å². The van der Waals surface area contributed by atoms with Crippen LogP contribution in [0.1, 0.15) is 23.6 Å². The van der Waals surface area contributed by atoms with Crippen LogP contribution in [0.3, 0.4) is 0 Å². The highest BCUT2D eigenvalue weighted by molar-refractivity contribution is 5.54. The molecule has 0 amide bonds. The lowest BCUT2D eigenvalue weighted by Crippen LogP contribution is -2.85. The Bertz CT molecular complexity index is 321. The van der Waals surface area contributed by atoms with Crippen LogP contribution in [0.25, 0.3) is 0 Å². The Morgan fingerprint density at radius 2 is 2.07 bits per heavy atom. The molecule has 0 saturated carbocycles. The molecule has 0 atom stereocenters. The van der Waals surface area contributed by atoms with Crippen LogP contribution in [0.2, 0.25) is 0 Å². The third-order valence-corrected chi connectivity index (χ3v) is 2.52. The van der Waals surface area contributed by atoms with Gasteiger partial charge in [-0.1, -0.05) is 18.6 Å². The standard InChI is InChI=1S/C12H21N3/c1-4-14-8-15-7-11-6-9(2)5-10(3)12(11)13/h5-6,14-15H,4,7-8,13H2,1-3H3/p+1. The first kappa shape index (κ1) is 12.0. The van der Waals surface area contributed by atoms with Crippen LogP contribution in [0.5, 0.6) is 0 Å². The van der Waals surface area contributed by atoms with E-state index in [-0.39, 0.29) is 0 Å². The van der Waals surface area contributed by atoms with Crippen LogP contribution in [0.15, 0.2) is 12.1 Å². The largest absolute Gasteiger partial charge is 0.398 e. The summed E-state index contributed by atoms with van der Waals surface area (Å²) < 4.78 is 0. The maximum atomic E-state index is 6.03. The molecule has 0 unspecified atom stereocenters. The number of benzene rings is 1. The Hall–Kier alpha value is -1.06. The minimum absolute atomic E-state index is 0.938. The molecule has 0 aromatic heterocycles. The molecular formula is C12H22N3+. The van der Waals surface area contributed by atoms with E-state index >= 15 is 0 Å². The van der Waals surface area contributed by atoms with Crippen molar-refractivity contribution in [2.75, 3.05) is 18.9 Å². The molecule has 0 saturated heterocycles. The number of hydrogen-bond acceptors (Lipinski definition) is 2. The van der Waals surface area contributed by atoms with E-state index in [1.54, 1.807) is 0 Å². The average Bonchev–Trinajstić information content (AvgIpc) is 2.19. The van der Waals surface area contributed by atoms with Crippen molar-refractivity contribution in [3.63, 3.8) is 0 Å². The summed E-state index contributed by atoms with van der Waals surface area (Å²) in [5.74, 6) is 0. The van der Waals surface area contributed by atoms with E-state index in [1.807, 2.05) is 0 Å². The van der Waals surface area contributed by atoms with Gasteiger partial charge in [-0.15, -0.1) is 0 Å². The van der Waals surface area contributed by atoms with Crippen molar-refractivity contribution in [1.82, 2.24) is 5.32 Å². The van der Waals surface area contributed by atoms with Crippen LogP contribution in [0.4, 0.5) is 5.69 Å². The van der Waals surface area contributed by atoms with Gasteiger partial charge in [0.25, 0.3) is 0 Å². The smallest absolute Gasteiger partial charge is 0.129 e. The van der Waals surface area contributed by atoms with Crippen molar-refractivity contribution in [2.24, 2.45) is 0 Å². The summed E-state index contributed by atoms with van der Waals surface area (Å²) in [7, 11) is 0. The quantitative estimate of drug-likeness (QED) is 0.375. The molecule has 0 aliphatic carbocycles. The molecule has 1 aromatic carbocycles. The van der Waals surface area contributed by atoms with Crippen molar-refractivity contribution >= 4 is 5.69 Å². The van der Waals surface area contributed by atoms with Gasteiger partial charge < -0.3 is 11.1 Å². The fraction of sp³-hybridized carbons (Fsp3) is 0.500. The average molecular weight is 208 g/mol. The van der Waals surface area contributed by atoms with Gasteiger partial charge in [-0.2, -0.15) is 0 Å². The predicted octanol–water partition coefficient (Wildman–Crippen LogP) is 0.516. The van der Waals surface area contributed by atoms with Crippen molar-refractivity contribution in [1.29, 1.82) is 0 Å². The SMILES string of the molecule is CCNC[NH2+]Cc1cc(C)cc(C)c1N. The zero-order valence-corrected chi connectivity index (χ0v) is 9.93. The van der Waals surface area contributed by atoms with E-state index in [0.29, 0.717) is 0 Å². The molecule has 15 heavy (non-hydrogen) atoms. The number of nitrogens with one attached hydrogen (secondary N) is 1. The minimum Gasteiger partial charge on any atom is -0.398 e. The van der Waals surface area contributed by atoms with Gasteiger partial charge in [0.1, 0.15) is 13.2 Å². The molecule has 5 N–H and O–H groups in total. The van der Waals surface area contributed by atoms with E-state index in [1.165, 1.54) is 16.7 Å². The van der Waals surface area contributed by atoms with Crippen molar-refractivity contribution in [3.05, 3.63) is 28.8 Å². The lowest BCUT2D eigenvalue weighted by atomic mass is 10.0. The number of aryl methyl sites for hydroxylation is 2. The van der Waals surface area contributed by atoms with E-state index in [4.69, 9.17) is 5.73 Å². The zero-order chi connectivity index (χ0) is 11.3. The first-order valence-corrected chi connectivity index (χ1v) is 5.53. The molecule has 1 aromatic rings. The lowest BCUT2D eigenvalue weighted by Gasteiger charge is -2.09. The fourth-order valence-electron chi connectivity index (χ4n) is 1.71. The van der Waals surface area contributed by atoms with Gasteiger partial charge in [-0.3, -0.25) is 5.32 Å². The van der Waals surface area contributed by atoms with Gasteiger partial charge in [-0.25, -0.2) is 0 Å². The first-order chi connectivity index (χ1) is 7.15. The van der Waals surface area contributed by atoms with Crippen LogP contribution in [-0.4, -0.2) is 13.2 Å². The lowest BCUT2D eigenvalue weighted by molar-refractivity contribution is -0.674. The van der Waals surface area contributed by atoms with Gasteiger partial charge >= 0.3 is 0 Å². The second-order valence-electron chi connectivity index (χ2n) is 3.96. The summed E-state index contributed by atoms with van der Waals surface area (Å²) in [6.07, 6.45) is 0. The van der Waals surface area contributed by atoms with Crippen molar-refractivity contribution in [3.8, 4) is 0 Å². The highest BCUT2D eigenvalue weighted by atomic mass is 15.0. The van der Waals surface area contributed by atoms with Gasteiger partial charge in [0.05, 0.1) is 0 Å². The summed E-state index contributed by atoms with van der Waals surface area (Å²) in [6, 6.07) is 4.30. The number of quaternary nitrogens is 1. The molecule has 0 aliphatic heterocycles. The van der Waals surface area contributed by atoms with Crippen LogP contribution in [-0.2, 0) is 6.54 Å². The maximum Gasteiger partial charge on any atom is 0.129 e. The first-order valence-electron chi connectivity index (χ1n) is 5.53. The highest BCUT2D eigenvalue weighted by Crippen LogP contribution is 2.17. The van der Waals surface area contributed by atoms with Crippen LogP contribution in [0, 0.1) is 13.8 Å². The molecule has 0 radical (unpaired) electrons. The Morgan fingerprint density at radius 1 is 1.33 bits per heavy atom. The summed E-state index contributed by atoms with van der Waals surface area (Å²) in [5.41, 5.74) is 10.7. The van der Waals surface area contributed by atoms with E-state index in [9.17, 15) is 0 Å². The van der Waals surface area contributed by atoms with Gasteiger partial charge in [-0.05, 0) is 32.0 Å². The van der Waals surface area contributed by atoms with E-state index < -0.39 is 0 Å². The number of anilines is 1. The van der Waals surface area contributed by atoms with Gasteiger partial charge in [0, 0.05) is 11.3 Å². The minimum atomic E-state index is 0.938. The Balaban J connectivity index is 2.60. The maximum absolute atomic E-state index is 6.03. The third kappa shape index (κ3) is 3.53. The highest BCUT2D eigenvalue weighted by Gasteiger charge is 2.04. The number of nitrogen functional groups attached to an aromatic ring is 1. The zero-order valence-electron chi connectivity index (χ0n) is 9.93. The summed E-state index contributed by atoms with van der Waals surface area (Å²) in [4.78, 5) is 0. The molecule has 0 heterocycles. The van der Waals surface area contributed by atoms with Crippen molar-refractivity contribution < 1.29 is 5.32 Å². The molecule has 3 nitrogen and oxygen atoms in total. The Kier molecular flexibility index (Phi) is 4.59. The van der Waals surface area contributed by atoms with Crippen LogP contribution >= 0.6 is 0 Å². The molecular weight excluding hydrogens is 186 g/mol. The second kappa shape index (κ2) is 5.73. The molecule has 3 heteroatoms. The summed E-state index contributed by atoms with van der Waals surface area (Å²) >= 11 is 0. The summed E-state index contributed by atoms with van der Waals surface area (Å²) in [6.45, 7) is 9.19.